The Balaban J connectivity index is 1.77. The Morgan fingerprint density at radius 2 is 1.42 bits per heavy atom. The van der Waals surface area contributed by atoms with Crippen molar-refractivity contribution in [3.63, 3.8) is 0 Å². The van der Waals surface area contributed by atoms with E-state index in [1.165, 1.54) is 24.3 Å². The molecule has 5 heteroatoms. The summed E-state index contributed by atoms with van der Waals surface area (Å²) in [5.74, 6) is -0.958. The SMILES string of the molecule is Cc1ccc(C(=O)Nc2ccc(F)cc2)cc1NC(=O)c1ccccc1. The van der Waals surface area contributed by atoms with E-state index < -0.39 is 0 Å². The molecule has 0 saturated heterocycles. The van der Waals surface area contributed by atoms with Crippen LogP contribution < -0.4 is 10.6 Å². The number of hydrogen-bond acceptors (Lipinski definition) is 2. The zero-order valence-electron chi connectivity index (χ0n) is 14.1. The molecule has 3 aromatic rings. The average molecular weight is 348 g/mol. The molecule has 0 atom stereocenters. The van der Waals surface area contributed by atoms with Crippen LogP contribution in [0.4, 0.5) is 15.8 Å². The normalized spacial score (nSPS) is 10.2. The fourth-order valence-corrected chi connectivity index (χ4v) is 2.42. The minimum atomic E-state index is -0.371. The Morgan fingerprint density at radius 3 is 2.12 bits per heavy atom. The number of rotatable bonds is 4. The highest BCUT2D eigenvalue weighted by atomic mass is 19.1. The third kappa shape index (κ3) is 4.13. The van der Waals surface area contributed by atoms with Gasteiger partial charge in [0.05, 0.1) is 0 Å². The monoisotopic (exact) mass is 348 g/mol. The van der Waals surface area contributed by atoms with Crippen molar-refractivity contribution in [3.05, 3.63) is 95.3 Å². The molecule has 0 fully saturated rings. The lowest BCUT2D eigenvalue weighted by Crippen LogP contribution is -2.15. The van der Waals surface area contributed by atoms with Gasteiger partial charge in [-0.15, -0.1) is 0 Å². The summed E-state index contributed by atoms with van der Waals surface area (Å²) < 4.78 is 13.0. The molecule has 2 amide bonds. The second kappa shape index (κ2) is 7.61. The Bertz CT molecular complexity index is 938. The van der Waals surface area contributed by atoms with Crippen molar-refractivity contribution in [1.82, 2.24) is 0 Å². The van der Waals surface area contributed by atoms with Crippen LogP contribution in [0.5, 0.6) is 0 Å². The van der Waals surface area contributed by atoms with Crippen molar-refractivity contribution in [1.29, 1.82) is 0 Å². The van der Waals surface area contributed by atoms with Crippen molar-refractivity contribution < 1.29 is 14.0 Å². The van der Waals surface area contributed by atoms with E-state index in [2.05, 4.69) is 10.6 Å². The summed E-state index contributed by atoms with van der Waals surface area (Å²) >= 11 is 0. The molecule has 3 rings (SSSR count). The molecule has 0 spiro atoms. The predicted octanol–water partition coefficient (Wildman–Crippen LogP) is 4.64. The van der Waals surface area contributed by atoms with Crippen LogP contribution in [0.1, 0.15) is 26.3 Å². The van der Waals surface area contributed by atoms with Crippen LogP contribution in [0.15, 0.2) is 72.8 Å². The summed E-state index contributed by atoms with van der Waals surface area (Å²) in [5.41, 5.74) is 2.82. The van der Waals surface area contributed by atoms with E-state index in [9.17, 15) is 14.0 Å². The number of carbonyl (C=O) groups is 2. The number of carbonyl (C=O) groups excluding carboxylic acids is 2. The molecule has 4 nitrogen and oxygen atoms in total. The summed E-state index contributed by atoms with van der Waals surface area (Å²) in [5, 5.41) is 5.52. The molecule has 0 saturated carbocycles. The summed E-state index contributed by atoms with van der Waals surface area (Å²) in [4.78, 5) is 24.7. The zero-order chi connectivity index (χ0) is 18.5. The number of hydrogen-bond donors (Lipinski definition) is 2. The van der Waals surface area contributed by atoms with Crippen LogP contribution >= 0.6 is 0 Å². The fourth-order valence-electron chi connectivity index (χ4n) is 2.42. The molecule has 0 heterocycles. The van der Waals surface area contributed by atoms with E-state index in [4.69, 9.17) is 0 Å². The lowest BCUT2D eigenvalue weighted by Gasteiger charge is -2.11. The molecule has 0 aliphatic heterocycles. The van der Waals surface area contributed by atoms with Gasteiger partial charge in [0.1, 0.15) is 5.82 Å². The zero-order valence-corrected chi connectivity index (χ0v) is 14.1. The maximum absolute atomic E-state index is 13.0. The van der Waals surface area contributed by atoms with E-state index >= 15 is 0 Å². The minimum absolute atomic E-state index is 0.246. The second-order valence-electron chi connectivity index (χ2n) is 5.81. The van der Waals surface area contributed by atoms with Crippen molar-refractivity contribution >= 4 is 23.2 Å². The van der Waals surface area contributed by atoms with Crippen molar-refractivity contribution in [2.45, 2.75) is 6.92 Å². The Morgan fingerprint density at radius 1 is 0.769 bits per heavy atom. The summed E-state index contributed by atoms with van der Waals surface area (Å²) in [6.45, 7) is 1.85. The predicted molar refractivity (Wildman–Crippen MR) is 99.9 cm³/mol. The number of halogens is 1. The highest BCUT2D eigenvalue weighted by Gasteiger charge is 2.11. The van der Waals surface area contributed by atoms with Gasteiger partial charge < -0.3 is 10.6 Å². The van der Waals surface area contributed by atoms with Gasteiger partial charge in [0.2, 0.25) is 0 Å². The first-order valence-corrected chi connectivity index (χ1v) is 8.07. The van der Waals surface area contributed by atoms with Gasteiger partial charge in [-0.05, 0) is 61.0 Å². The van der Waals surface area contributed by atoms with E-state index in [1.54, 1.807) is 42.5 Å². The maximum Gasteiger partial charge on any atom is 0.255 e. The molecular weight excluding hydrogens is 331 g/mol. The highest BCUT2D eigenvalue weighted by molar-refractivity contribution is 6.07. The first kappa shape index (κ1) is 17.4. The van der Waals surface area contributed by atoms with Gasteiger partial charge in [0, 0.05) is 22.5 Å². The molecule has 2 N–H and O–H groups in total. The fraction of sp³-hybridized carbons (Fsp3) is 0.0476. The van der Waals surface area contributed by atoms with Crippen LogP contribution in [0.2, 0.25) is 0 Å². The largest absolute Gasteiger partial charge is 0.322 e. The van der Waals surface area contributed by atoms with Gasteiger partial charge in [-0.25, -0.2) is 4.39 Å². The Labute approximate surface area is 150 Å². The van der Waals surface area contributed by atoms with Crippen molar-refractivity contribution in [3.8, 4) is 0 Å². The van der Waals surface area contributed by atoms with Crippen LogP contribution in [-0.2, 0) is 0 Å². The number of aryl methyl sites for hydroxylation is 1. The standard InChI is InChI=1S/C21H17FN2O2/c1-14-7-8-16(21(26)23-18-11-9-17(22)10-12-18)13-19(14)24-20(25)15-5-3-2-4-6-15/h2-13H,1H3,(H,23,26)(H,24,25). The van der Waals surface area contributed by atoms with Gasteiger partial charge in [-0.2, -0.15) is 0 Å². The van der Waals surface area contributed by atoms with Gasteiger partial charge in [-0.1, -0.05) is 24.3 Å². The average Bonchev–Trinajstić information content (AvgIpc) is 2.66. The van der Waals surface area contributed by atoms with Crippen molar-refractivity contribution in [2.24, 2.45) is 0 Å². The molecule has 26 heavy (non-hydrogen) atoms. The third-order valence-corrected chi connectivity index (χ3v) is 3.89. The summed E-state index contributed by atoms with van der Waals surface area (Å²) in [6.07, 6.45) is 0. The molecule has 0 radical (unpaired) electrons. The molecule has 0 bridgehead atoms. The number of benzene rings is 3. The first-order chi connectivity index (χ1) is 12.5. The number of nitrogens with one attached hydrogen (secondary N) is 2. The van der Waals surface area contributed by atoms with Crippen LogP contribution in [0.3, 0.4) is 0 Å². The quantitative estimate of drug-likeness (QED) is 0.722. The molecular formula is C21H17FN2O2. The number of anilines is 2. The van der Waals surface area contributed by atoms with Crippen molar-refractivity contribution in [2.75, 3.05) is 10.6 Å². The molecule has 130 valence electrons. The van der Waals surface area contributed by atoms with Gasteiger partial charge in [0.15, 0.2) is 0 Å². The van der Waals surface area contributed by atoms with E-state index in [0.717, 1.165) is 5.56 Å². The Hall–Kier alpha value is -3.47. The van der Waals surface area contributed by atoms with Crippen LogP contribution in [0, 0.1) is 12.7 Å². The third-order valence-electron chi connectivity index (χ3n) is 3.89. The lowest BCUT2D eigenvalue weighted by molar-refractivity contribution is 0.101. The summed E-state index contributed by atoms with van der Waals surface area (Å²) in [7, 11) is 0. The van der Waals surface area contributed by atoms with E-state index in [-0.39, 0.29) is 17.6 Å². The minimum Gasteiger partial charge on any atom is -0.322 e. The molecule has 0 aliphatic carbocycles. The number of amides is 2. The topological polar surface area (TPSA) is 58.2 Å². The van der Waals surface area contributed by atoms with E-state index in [0.29, 0.717) is 22.5 Å². The smallest absolute Gasteiger partial charge is 0.255 e. The van der Waals surface area contributed by atoms with Gasteiger partial charge >= 0.3 is 0 Å². The second-order valence-corrected chi connectivity index (χ2v) is 5.81. The van der Waals surface area contributed by atoms with Crippen LogP contribution in [0.25, 0.3) is 0 Å². The first-order valence-electron chi connectivity index (χ1n) is 8.07. The van der Waals surface area contributed by atoms with Gasteiger partial charge in [-0.3, -0.25) is 9.59 Å². The highest BCUT2D eigenvalue weighted by Crippen LogP contribution is 2.19. The molecule has 3 aromatic carbocycles. The molecule has 0 aromatic heterocycles. The van der Waals surface area contributed by atoms with Crippen LogP contribution in [-0.4, -0.2) is 11.8 Å². The molecule has 0 unspecified atom stereocenters. The lowest BCUT2D eigenvalue weighted by atomic mass is 10.1. The Kier molecular flexibility index (Phi) is 5.08. The molecule has 0 aliphatic rings. The van der Waals surface area contributed by atoms with E-state index in [1.807, 2.05) is 13.0 Å². The summed E-state index contributed by atoms with van der Waals surface area (Å²) in [6, 6.07) is 19.4. The van der Waals surface area contributed by atoms with Gasteiger partial charge in [0.25, 0.3) is 11.8 Å². The maximum atomic E-state index is 13.0.